The average molecular weight is 464 g/mol. The van der Waals surface area contributed by atoms with Crippen LogP contribution in [-0.2, 0) is 17.1 Å². The van der Waals surface area contributed by atoms with Gasteiger partial charge in [-0.05, 0) is 61.2 Å². The van der Waals surface area contributed by atoms with Crippen LogP contribution in [0.2, 0.25) is 5.02 Å². The molecular formula is C21H22ClN3O3S2. The fraction of sp³-hybridized carbons (Fsp3) is 0.333. The predicted molar refractivity (Wildman–Crippen MR) is 119 cm³/mol. The highest BCUT2D eigenvalue weighted by Crippen LogP contribution is 2.24. The molecule has 30 heavy (non-hydrogen) atoms. The molecule has 0 aliphatic carbocycles. The first-order valence-corrected chi connectivity index (χ1v) is 12.3. The molecule has 1 saturated heterocycles. The van der Waals surface area contributed by atoms with Crippen molar-refractivity contribution in [3.05, 3.63) is 57.9 Å². The van der Waals surface area contributed by atoms with Gasteiger partial charge in [-0.1, -0.05) is 29.9 Å². The number of aromatic nitrogens is 1. The number of rotatable bonds is 3. The second-order valence-corrected chi connectivity index (χ2v) is 11.0. The number of halogens is 1. The van der Waals surface area contributed by atoms with Crippen molar-refractivity contribution in [3.63, 3.8) is 0 Å². The fourth-order valence-electron chi connectivity index (χ4n) is 3.51. The topological polar surface area (TPSA) is 71.7 Å². The van der Waals surface area contributed by atoms with Crippen molar-refractivity contribution in [1.29, 1.82) is 0 Å². The number of benzene rings is 2. The zero-order chi connectivity index (χ0) is 21.5. The van der Waals surface area contributed by atoms with Gasteiger partial charge in [0.25, 0.3) is 5.91 Å². The molecule has 0 bridgehead atoms. The summed E-state index contributed by atoms with van der Waals surface area (Å²) in [6.07, 6.45) is 1.73. The Bertz CT molecular complexity index is 1270. The maximum absolute atomic E-state index is 12.8. The summed E-state index contributed by atoms with van der Waals surface area (Å²) in [6, 6.07) is 11.5. The molecule has 1 amide bonds. The van der Waals surface area contributed by atoms with E-state index in [0.29, 0.717) is 34.4 Å². The molecule has 1 aromatic heterocycles. The normalized spacial score (nSPS) is 17.0. The van der Waals surface area contributed by atoms with Crippen LogP contribution in [0.25, 0.3) is 10.2 Å². The Balaban J connectivity index is 1.59. The molecule has 0 radical (unpaired) electrons. The summed E-state index contributed by atoms with van der Waals surface area (Å²) in [5.74, 6) is 0.128. The number of sulfonamides is 1. The highest BCUT2D eigenvalue weighted by atomic mass is 35.5. The molecule has 1 fully saturated rings. The Labute approximate surface area is 184 Å². The molecule has 9 heteroatoms. The van der Waals surface area contributed by atoms with E-state index in [-0.39, 0.29) is 4.90 Å². The van der Waals surface area contributed by atoms with Gasteiger partial charge in [-0.25, -0.2) is 8.42 Å². The van der Waals surface area contributed by atoms with Gasteiger partial charge >= 0.3 is 0 Å². The number of amides is 1. The third-order valence-corrected chi connectivity index (χ3v) is 8.69. The van der Waals surface area contributed by atoms with E-state index < -0.39 is 15.9 Å². The molecule has 0 atom stereocenters. The van der Waals surface area contributed by atoms with Gasteiger partial charge in [0.1, 0.15) is 0 Å². The lowest BCUT2D eigenvalue weighted by atomic mass is 10.0. The monoisotopic (exact) mass is 463 g/mol. The highest BCUT2D eigenvalue weighted by Gasteiger charge is 2.28. The molecule has 0 saturated carbocycles. The SMILES string of the molecule is CC1CCN(S(=O)(=O)c2ccc(C(=O)N=c3sc4cc(Cl)ccc4n3C)cc2)CC1. The Morgan fingerprint density at radius 2 is 1.80 bits per heavy atom. The lowest BCUT2D eigenvalue weighted by molar-refractivity contribution is 0.0998. The van der Waals surface area contributed by atoms with E-state index in [1.807, 2.05) is 23.7 Å². The molecule has 0 spiro atoms. The van der Waals surface area contributed by atoms with Crippen LogP contribution in [-0.4, -0.2) is 36.3 Å². The number of carbonyl (C=O) groups excluding carboxylic acids is 1. The number of hydrogen-bond donors (Lipinski definition) is 0. The largest absolute Gasteiger partial charge is 0.319 e. The van der Waals surface area contributed by atoms with E-state index in [0.717, 1.165) is 23.1 Å². The van der Waals surface area contributed by atoms with Gasteiger partial charge in [0.15, 0.2) is 4.80 Å². The minimum atomic E-state index is -3.54. The van der Waals surface area contributed by atoms with Crippen molar-refractivity contribution in [3.8, 4) is 0 Å². The van der Waals surface area contributed by atoms with E-state index in [2.05, 4.69) is 11.9 Å². The van der Waals surface area contributed by atoms with Crippen molar-refractivity contribution in [2.45, 2.75) is 24.7 Å². The molecule has 158 valence electrons. The molecule has 3 aromatic rings. The lowest BCUT2D eigenvalue weighted by Gasteiger charge is -2.29. The van der Waals surface area contributed by atoms with E-state index >= 15 is 0 Å². The van der Waals surface area contributed by atoms with Crippen LogP contribution in [0.4, 0.5) is 0 Å². The third kappa shape index (κ3) is 4.09. The number of hydrogen-bond acceptors (Lipinski definition) is 4. The molecule has 0 unspecified atom stereocenters. The highest BCUT2D eigenvalue weighted by molar-refractivity contribution is 7.89. The molecule has 1 aliphatic heterocycles. The van der Waals surface area contributed by atoms with Crippen LogP contribution >= 0.6 is 22.9 Å². The van der Waals surface area contributed by atoms with Crippen LogP contribution in [0, 0.1) is 5.92 Å². The summed E-state index contributed by atoms with van der Waals surface area (Å²) in [6.45, 7) is 3.21. The molecule has 4 rings (SSSR count). The number of carbonyl (C=O) groups is 1. The molecule has 6 nitrogen and oxygen atoms in total. The average Bonchev–Trinajstić information content (AvgIpc) is 3.03. The standard InChI is InChI=1S/C21H22ClN3O3S2/c1-14-9-11-25(12-10-14)30(27,28)17-6-3-15(4-7-17)20(26)23-21-24(2)18-8-5-16(22)13-19(18)29-21/h3-8,13-14H,9-12H2,1-2H3. The third-order valence-electron chi connectivity index (χ3n) is 5.45. The minimum absolute atomic E-state index is 0.204. The number of piperidine rings is 1. The van der Waals surface area contributed by atoms with Gasteiger partial charge in [0.2, 0.25) is 10.0 Å². The Morgan fingerprint density at radius 1 is 1.13 bits per heavy atom. The van der Waals surface area contributed by atoms with Crippen LogP contribution in [0.5, 0.6) is 0 Å². The summed E-state index contributed by atoms with van der Waals surface area (Å²) in [5.41, 5.74) is 1.28. The quantitative estimate of drug-likeness (QED) is 0.588. The van der Waals surface area contributed by atoms with Crippen LogP contribution in [0.1, 0.15) is 30.1 Å². The van der Waals surface area contributed by atoms with Gasteiger partial charge < -0.3 is 4.57 Å². The van der Waals surface area contributed by atoms with Crippen LogP contribution < -0.4 is 4.80 Å². The van der Waals surface area contributed by atoms with Crippen molar-refractivity contribution in [2.24, 2.45) is 18.0 Å². The van der Waals surface area contributed by atoms with Crippen molar-refractivity contribution >= 4 is 49.1 Å². The van der Waals surface area contributed by atoms with Crippen molar-refractivity contribution in [2.75, 3.05) is 13.1 Å². The molecular weight excluding hydrogens is 442 g/mol. The smallest absolute Gasteiger partial charge is 0.279 e. The van der Waals surface area contributed by atoms with E-state index in [4.69, 9.17) is 11.6 Å². The number of aryl methyl sites for hydroxylation is 1. The Morgan fingerprint density at radius 3 is 2.47 bits per heavy atom. The number of fused-ring (bicyclic) bond motifs is 1. The van der Waals surface area contributed by atoms with Gasteiger partial charge in [-0.15, -0.1) is 0 Å². The van der Waals surface area contributed by atoms with E-state index in [1.54, 1.807) is 6.07 Å². The van der Waals surface area contributed by atoms with Crippen LogP contribution in [0.15, 0.2) is 52.4 Å². The summed E-state index contributed by atoms with van der Waals surface area (Å²) in [4.78, 5) is 17.6. The Kier molecular flexibility index (Phi) is 5.85. The zero-order valence-corrected chi connectivity index (χ0v) is 19.1. The zero-order valence-electron chi connectivity index (χ0n) is 16.7. The maximum atomic E-state index is 12.8. The van der Waals surface area contributed by atoms with Gasteiger partial charge in [-0.3, -0.25) is 4.79 Å². The summed E-state index contributed by atoms with van der Waals surface area (Å²) >= 11 is 7.42. The first kappa shape index (κ1) is 21.2. The predicted octanol–water partition coefficient (Wildman–Crippen LogP) is 4.05. The molecule has 1 aliphatic rings. The van der Waals surface area contributed by atoms with E-state index in [1.165, 1.54) is 39.9 Å². The molecule has 0 N–H and O–H groups in total. The van der Waals surface area contributed by atoms with Gasteiger partial charge in [0.05, 0.1) is 15.1 Å². The summed E-state index contributed by atoms with van der Waals surface area (Å²) < 4.78 is 30.0. The van der Waals surface area contributed by atoms with E-state index in [9.17, 15) is 13.2 Å². The van der Waals surface area contributed by atoms with Gasteiger partial charge in [0, 0.05) is 30.7 Å². The fourth-order valence-corrected chi connectivity index (χ4v) is 6.27. The second kappa shape index (κ2) is 8.26. The molecule has 2 aromatic carbocycles. The van der Waals surface area contributed by atoms with Crippen molar-refractivity contribution < 1.29 is 13.2 Å². The number of nitrogens with zero attached hydrogens (tertiary/aromatic N) is 3. The second-order valence-electron chi connectivity index (χ2n) is 7.58. The first-order valence-electron chi connectivity index (χ1n) is 9.70. The van der Waals surface area contributed by atoms with Gasteiger partial charge in [-0.2, -0.15) is 9.30 Å². The summed E-state index contributed by atoms with van der Waals surface area (Å²) in [7, 11) is -1.70. The maximum Gasteiger partial charge on any atom is 0.279 e. The minimum Gasteiger partial charge on any atom is -0.319 e. The first-order chi connectivity index (χ1) is 14.3. The Hall–Kier alpha value is -2.00. The summed E-state index contributed by atoms with van der Waals surface area (Å²) in [5, 5.41) is 0.627. The lowest BCUT2D eigenvalue weighted by Crippen LogP contribution is -2.37. The number of thiazole rings is 1. The van der Waals surface area contributed by atoms with Crippen LogP contribution in [0.3, 0.4) is 0 Å². The van der Waals surface area contributed by atoms with Crippen molar-refractivity contribution in [1.82, 2.24) is 8.87 Å². The molecule has 2 heterocycles.